The maximum absolute atomic E-state index is 12.7. The summed E-state index contributed by atoms with van der Waals surface area (Å²) in [5, 5.41) is 9.95. The van der Waals surface area contributed by atoms with Crippen molar-refractivity contribution < 1.29 is 17.9 Å². The van der Waals surface area contributed by atoms with Crippen LogP contribution in [0.4, 0.5) is 5.82 Å². The highest BCUT2D eigenvalue weighted by Crippen LogP contribution is 2.27. The number of carbonyl (C=O) groups is 1. The van der Waals surface area contributed by atoms with E-state index >= 15 is 0 Å². The zero-order chi connectivity index (χ0) is 24.9. The van der Waals surface area contributed by atoms with Crippen LogP contribution in [0.25, 0.3) is 0 Å². The fourth-order valence-corrected chi connectivity index (χ4v) is 5.36. The second kappa shape index (κ2) is 10.9. The number of aryl methyl sites for hydroxylation is 2. The van der Waals surface area contributed by atoms with Gasteiger partial charge >= 0.3 is 0 Å². The molecule has 0 unspecified atom stereocenters. The van der Waals surface area contributed by atoms with E-state index in [0.717, 1.165) is 5.56 Å². The molecule has 2 heterocycles. The van der Waals surface area contributed by atoms with E-state index < -0.39 is 21.8 Å². The van der Waals surface area contributed by atoms with Crippen molar-refractivity contribution in [3.63, 3.8) is 0 Å². The van der Waals surface area contributed by atoms with Crippen LogP contribution in [0.3, 0.4) is 0 Å². The fraction of sp³-hybridized carbons (Fsp3) is 0.417. The number of benzene rings is 1. The van der Waals surface area contributed by atoms with Gasteiger partial charge in [-0.05, 0) is 57.5 Å². The van der Waals surface area contributed by atoms with Crippen LogP contribution in [0.5, 0.6) is 0 Å². The molecule has 0 radical (unpaired) electrons. The van der Waals surface area contributed by atoms with Gasteiger partial charge in [0, 0.05) is 19.0 Å². The molecule has 0 bridgehead atoms. The summed E-state index contributed by atoms with van der Waals surface area (Å²) in [6.45, 7) is 6.96. The van der Waals surface area contributed by atoms with E-state index in [9.17, 15) is 18.5 Å². The number of nitrogens with zero attached hydrogens (tertiary/aromatic N) is 3. The van der Waals surface area contributed by atoms with Gasteiger partial charge in [0.05, 0.1) is 29.2 Å². The number of amides is 1. The van der Waals surface area contributed by atoms with Crippen molar-refractivity contribution in [2.75, 3.05) is 24.6 Å². The highest BCUT2D eigenvalue weighted by Gasteiger charge is 2.29. The Kier molecular flexibility index (Phi) is 8.23. The maximum Gasteiger partial charge on any atom is 0.239 e. The molecule has 8 nitrogen and oxygen atoms in total. The molecule has 10 heteroatoms. The first kappa shape index (κ1) is 25.6. The Morgan fingerprint density at radius 1 is 1.26 bits per heavy atom. The highest BCUT2D eigenvalue weighted by molar-refractivity contribution is 7.89. The van der Waals surface area contributed by atoms with E-state index in [2.05, 4.69) is 15.8 Å². The Hall–Kier alpha value is -3.03. The third kappa shape index (κ3) is 6.30. The third-order valence-corrected chi connectivity index (χ3v) is 7.27. The predicted molar refractivity (Wildman–Crippen MR) is 134 cm³/mol. The zero-order valence-corrected chi connectivity index (χ0v) is 21.1. The van der Waals surface area contributed by atoms with Crippen molar-refractivity contribution in [2.24, 2.45) is 5.92 Å². The largest absolute Gasteiger partial charge is 0.483 e. The summed E-state index contributed by atoms with van der Waals surface area (Å²) in [5.41, 5.74) is 3.32. The Labute approximate surface area is 206 Å². The molecule has 1 aliphatic rings. The van der Waals surface area contributed by atoms with Crippen molar-refractivity contribution >= 4 is 39.0 Å². The minimum Gasteiger partial charge on any atom is -0.483 e. The quantitative estimate of drug-likeness (QED) is 0.577. The van der Waals surface area contributed by atoms with Gasteiger partial charge in [-0.2, -0.15) is 5.26 Å². The Morgan fingerprint density at radius 3 is 2.50 bits per heavy atom. The molecule has 1 aromatic carbocycles. The molecule has 0 aliphatic carbocycles. The first-order valence-electron chi connectivity index (χ1n) is 11.1. The zero-order valence-electron chi connectivity index (χ0n) is 19.5. The number of carbonyl (C=O) groups excluding carboxylic acids is 1. The number of ether oxygens (including phenoxy) is 1. The van der Waals surface area contributed by atoms with Crippen molar-refractivity contribution in [3.8, 4) is 6.07 Å². The second-order valence-electron chi connectivity index (χ2n) is 8.30. The maximum atomic E-state index is 12.7. The second-order valence-corrected chi connectivity index (χ2v) is 10.4. The van der Waals surface area contributed by atoms with Gasteiger partial charge < -0.3 is 9.64 Å². The van der Waals surface area contributed by atoms with Crippen LogP contribution in [0, 0.1) is 31.1 Å². The summed E-state index contributed by atoms with van der Waals surface area (Å²) in [7, 11) is -3.79. The van der Waals surface area contributed by atoms with Gasteiger partial charge in [0.1, 0.15) is 11.9 Å². The van der Waals surface area contributed by atoms with E-state index in [1.807, 2.05) is 37.8 Å². The van der Waals surface area contributed by atoms with Crippen LogP contribution in [0.2, 0.25) is 0 Å². The van der Waals surface area contributed by atoms with Gasteiger partial charge in [0.25, 0.3) is 0 Å². The lowest BCUT2D eigenvalue weighted by molar-refractivity contribution is -0.123. The lowest BCUT2D eigenvalue weighted by Gasteiger charge is -2.32. The van der Waals surface area contributed by atoms with Crippen molar-refractivity contribution in [1.29, 1.82) is 5.26 Å². The fourth-order valence-electron chi connectivity index (χ4n) is 3.86. The van der Waals surface area contributed by atoms with E-state index in [1.165, 1.54) is 0 Å². The van der Waals surface area contributed by atoms with E-state index in [-0.39, 0.29) is 5.75 Å². The van der Waals surface area contributed by atoms with E-state index in [0.29, 0.717) is 65.8 Å². The number of sulfonamides is 1. The monoisotopic (exact) mass is 500 g/mol. The first-order chi connectivity index (χ1) is 16.1. The molecule has 1 N–H and O–H groups in total. The number of aromatic nitrogens is 1. The molecule has 0 saturated carbocycles. The van der Waals surface area contributed by atoms with Crippen LogP contribution >= 0.6 is 12.2 Å². The molecular formula is C24H28N4O4S2. The van der Waals surface area contributed by atoms with Gasteiger partial charge in [-0.1, -0.05) is 29.8 Å². The standard InChI is InChI=1S/C24H28N4O4S2/c1-4-32-24(33)21-13-20(14-25)22(26-17(21)3)28-11-9-19(10-12-28)23(29)27-34(30,31)15-18-7-5-16(2)6-8-18/h5-8,13,19H,4,9-12,15H2,1-3H3,(H,27,29). The molecule has 1 amide bonds. The Bertz CT molecular complexity index is 1210. The number of hydrogen-bond acceptors (Lipinski definition) is 8. The van der Waals surface area contributed by atoms with Crippen molar-refractivity contribution in [2.45, 2.75) is 39.4 Å². The third-order valence-electron chi connectivity index (χ3n) is 5.71. The minimum atomic E-state index is -3.79. The van der Waals surface area contributed by atoms with Gasteiger partial charge in [0.2, 0.25) is 15.9 Å². The van der Waals surface area contributed by atoms with Crippen LogP contribution in [-0.2, 0) is 25.3 Å². The average Bonchev–Trinajstić information content (AvgIpc) is 2.80. The smallest absolute Gasteiger partial charge is 0.239 e. The van der Waals surface area contributed by atoms with Gasteiger partial charge in [-0.15, -0.1) is 0 Å². The topological polar surface area (TPSA) is 112 Å². The summed E-state index contributed by atoms with van der Waals surface area (Å²) in [6, 6.07) is 11.0. The van der Waals surface area contributed by atoms with Crippen LogP contribution in [-0.4, -0.2) is 44.1 Å². The molecule has 2 aromatic rings. The summed E-state index contributed by atoms with van der Waals surface area (Å²) in [4.78, 5) is 19.2. The number of thiocarbonyl (C=S) groups is 1. The minimum absolute atomic E-state index is 0.247. The van der Waals surface area contributed by atoms with Crippen LogP contribution < -0.4 is 9.62 Å². The predicted octanol–water partition coefficient (Wildman–Crippen LogP) is 3.14. The lowest BCUT2D eigenvalue weighted by Crippen LogP contribution is -2.43. The number of anilines is 1. The average molecular weight is 501 g/mol. The van der Waals surface area contributed by atoms with Crippen molar-refractivity contribution in [3.05, 3.63) is 58.3 Å². The van der Waals surface area contributed by atoms with Gasteiger partial charge in [-0.3, -0.25) is 9.52 Å². The van der Waals surface area contributed by atoms with Crippen molar-refractivity contribution in [1.82, 2.24) is 9.71 Å². The summed E-state index contributed by atoms with van der Waals surface area (Å²) in [6.07, 6.45) is 0.910. The van der Waals surface area contributed by atoms with Gasteiger partial charge in [0.15, 0.2) is 5.05 Å². The lowest BCUT2D eigenvalue weighted by atomic mass is 9.96. The molecular weight excluding hydrogens is 472 g/mol. The summed E-state index contributed by atoms with van der Waals surface area (Å²) < 4.78 is 32.6. The number of hydrogen-bond donors (Lipinski definition) is 1. The summed E-state index contributed by atoms with van der Waals surface area (Å²) >= 11 is 5.27. The normalized spacial score (nSPS) is 14.4. The number of piperidine rings is 1. The molecule has 0 spiro atoms. The van der Waals surface area contributed by atoms with E-state index in [4.69, 9.17) is 17.0 Å². The SMILES string of the molecule is CCOC(=S)c1cc(C#N)c(N2CCC(C(=O)NS(=O)(=O)Cc3ccc(C)cc3)CC2)nc1C. The summed E-state index contributed by atoms with van der Waals surface area (Å²) in [5.74, 6) is -0.633. The van der Waals surface area contributed by atoms with Crippen LogP contribution in [0.15, 0.2) is 30.3 Å². The molecule has 0 atom stereocenters. The first-order valence-corrected chi connectivity index (χ1v) is 13.1. The molecule has 1 aromatic heterocycles. The molecule has 34 heavy (non-hydrogen) atoms. The molecule has 1 fully saturated rings. The number of nitrogens with one attached hydrogen (secondary N) is 1. The highest BCUT2D eigenvalue weighted by atomic mass is 32.2. The number of pyridine rings is 1. The number of rotatable bonds is 7. The van der Waals surface area contributed by atoms with E-state index in [1.54, 1.807) is 18.2 Å². The molecule has 3 rings (SSSR count). The Balaban J connectivity index is 1.64. The molecule has 1 aliphatic heterocycles. The molecule has 1 saturated heterocycles. The Morgan fingerprint density at radius 2 is 1.91 bits per heavy atom. The number of nitriles is 1. The van der Waals surface area contributed by atoms with Crippen LogP contribution in [0.1, 0.15) is 47.7 Å². The molecule has 180 valence electrons. The van der Waals surface area contributed by atoms with Gasteiger partial charge in [-0.25, -0.2) is 13.4 Å².